The van der Waals surface area contributed by atoms with Gasteiger partial charge in [-0.1, -0.05) is 12.8 Å². The predicted octanol–water partition coefficient (Wildman–Crippen LogP) is 5.31. The third-order valence-corrected chi connectivity index (χ3v) is 15.8. The van der Waals surface area contributed by atoms with E-state index in [4.69, 9.17) is 9.97 Å². The maximum atomic E-state index is 13.6. The van der Waals surface area contributed by atoms with Crippen molar-refractivity contribution in [3.05, 3.63) is 86.9 Å². The van der Waals surface area contributed by atoms with E-state index in [2.05, 4.69) is 48.1 Å². The van der Waals surface area contributed by atoms with Gasteiger partial charge in [0.1, 0.15) is 17.5 Å². The molecule has 4 aromatic rings. The Hall–Kier alpha value is -5.54. The highest BCUT2D eigenvalue weighted by Gasteiger charge is 2.39. The second kappa shape index (κ2) is 19.0. The number of Topliss-reactive ketones (excluding diaryl/α,β-unsaturated/α-hetero) is 1. The van der Waals surface area contributed by atoms with Gasteiger partial charge in [0.05, 0.1) is 23.9 Å². The molecule has 6 aliphatic rings. The standard InChI is InChI=1S/C51H64N10O5/c1-33-43-30-53-45(54-48(43)61(39-5-3-4-6-39)51(66)47(33)34(2)62)28-38-7-8-41(29-52-38)58-21-16-35(17-22-58)13-18-56-19-14-36(15-20-56)31-57-23-25-59(26-24-57)40-9-10-42-37(27-40)32-60(50(42)65)44-11-12-46(63)55-49(44)64/h7-10,27,29-30,35-36,39,44H,3-6,11-26,28,31-32H2,1-2H3,(H,55,63,64). The minimum Gasteiger partial charge on any atom is -0.370 e. The van der Waals surface area contributed by atoms with Crippen LogP contribution in [0, 0.1) is 18.8 Å². The number of pyridine rings is 2. The van der Waals surface area contributed by atoms with E-state index >= 15 is 0 Å². The molecule has 15 heteroatoms. The van der Waals surface area contributed by atoms with Crippen LogP contribution in [0.15, 0.2) is 47.5 Å². The highest BCUT2D eigenvalue weighted by molar-refractivity contribution is 6.05. The van der Waals surface area contributed by atoms with E-state index in [1.165, 1.54) is 65.2 Å². The molecular formula is C51H64N10O5. The van der Waals surface area contributed by atoms with Gasteiger partial charge in [0.25, 0.3) is 11.5 Å². The lowest BCUT2D eigenvalue weighted by atomic mass is 9.91. The Labute approximate surface area is 386 Å². The SMILES string of the molecule is CC(=O)c1c(C)c2cnc(Cc3ccc(N4CCC(CCN5CCC(CN6CCN(c7ccc8c(c7)CN(C7CCC(=O)NC7=O)C8=O)CC6)CC5)CC4)cn3)nc2n(C2CCCC2)c1=O. The summed E-state index contributed by atoms with van der Waals surface area (Å²) in [5.41, 5.74) is 6.13. The maximum Gasteiger partial charge on any atom is 0.263 e. The van der Waals surface area contributed by atoms with Gasteiger partial charge < -0.3 is 19.6 Å². The van der Waals surface area contributed by atoms with Crippen molar-refractivity contribution in [3.63, 3.8) is 0 Å². The molecule has 4 saturated heterocycles. The summed E-state index contributed by atoms with van der Waals surface area (Å²) in [7, 11) is 0. The van der Waals surface area contributed by atoms with Crippen molar-refractivity contribution >= 4 is 45.9 Å². The van der Waals surface area contributed by atoms with Crippen molar-refractivity contribution in [3.8, 4) is 0 Å². The number of imide groups is 1. The molecule has 348 valence electrons. The highest BCUT2D eigenvalue weighted by Crippen LogP contribution is 2.34. The van der Waals surface area contributed by atoms with Gasteiger partial charge in [-0.05, 0) is 138 Å². The first-order valence-corrected chi connectivity index (χ1v) is 24.6. The summed E-state index contributed by atoms with van der Waals surface area (Å²) in [6.45, 7) is 14.5. The number of likely N-dealkylation sites (tertiary alicyclic amines) is 1. The quantitative estimate of drug-likeness (QED) is 0.145. The number of ketones is 1. The lowest BCUT2D eigenvalue weighted by Crippen LogP contribution is -2.52. The fourth-order valence-electron chi connectivity index (χ4n) is 11.8. The van der Waals surface area contributed by atoms with Gasteiger partial charge in [0, 0.05) is 93.3 Å². The predicted molar refractivity (Wildman–Crippen MR) is 253 cm³/mol. The number of fused-ring (bicyclic) bond motifs is 2. The van der Waals surface area contributed by atoms with Crippen LogP contribution in [0.25, 0.3) is 11.0 Å². The topological polar surface area (TPSA) is 157 Å². The summed E-state index contributed by atoms with van der Waals surface area (Å²) in [6.07, 6.45) is 15.0. The molecule has 5 aliphatic heterocycles. The third kappa shape index (κ3) is 9.12. The number of amides is 3. The summed E-state index contributed by atoms with van der Waals surface area (Å²) >= 11 is 0. The number of nitrogens with one attached hydrogen (secondary N) is 1. The van der Waals surface area contributed by atoms with Crippen LogP contribution < -0.4 is 20.7 Å². The molecule has 10 rings (SSSR count). The van der Waals surface area contributed by atoms with Crippen molar-refractivity contribution in [2.45, 2.75) is 110 Å². The minimum absolute atomic E-state index is 0.0546. The number of aryl methyl sites for hydroxylation is 1. The van der Waals surface area contributed by atoms with E-state index in [1.807, 2.05) is 25.3 Å². The Kier molecular flexibility index (Phi) is 12.7. The molecule has 1 unspecified atom stereocenters. The molecule has 5 fully saturated rings. The van der Waals surface area contributed by atoms with Gasteiger partial charge in [-0.15, -0.1) is 0 Å². The molecule has 66 heavy (non-hydrogen) atoms. The van der Waals surface area contributed by atoms with Gasteiger partial charge >= 0.3 is 0 Å². The van der Waals surface area contributed by atoms with Crippen LogP contribution >= 0.6 is 0 Å². The van der Waals surface area contributed by atoms with E-state index in [0.717, 1.165) is 105 Å². The first-order valence-electron chi connectivity index (χ1n) is 24.6. The van der Waals surface area contributed by atoms with Gasteiger partial charge in [-0.3, -0.25) is 43.7 Å². The molecule has 0 bridgehead atoms. The molecule has 0 radical (unpaired) electrons. The second-order valence-electron chi connectivity index (χ2n) is 19.9. The van der Waals surface area contributed by atoms with E-state index in [9.17, 15) is 24.0 Å². The maximum absolute atomic E-state index is 13.6. The lowest BCUT2D eigenvalue weighted by Gasteiger charge is -2.40. The highest BCUT2D eigenvalue weighted by atomic mass is 16.2. The Morgan fingerprint density at radius 3 is 2.21 bits per heavy atom. The summed E-state index contributed by atoms with van der Waals surface area (Å²) in [5.74, 6) is 1.15. The number of hydrogen-bond donors (Lipinski definition) is 1. The number of carbonyl (C=O) groups excluding carboxylic acids is 4. The molecule has 1 atom stereocenters. The average molecular weight is 897 g/mol. The minimum atomic E-state index is -0.587. The van der Waals surface area contributed by atoms with Crippen LogP contribution in [0.3, 0.4) is 0 Å². The van der Waals surface area contributed by atoms with Gasteiger partial charge in [0.2, 0.25) is 11.8 Å². The Bertz CT molecular complexity index is 2550. The summed E-state index contributed by atoms with van der Waals surface area (Å²) in [5, 5.41) is 3.16. The fraction of sp³-hybridized carbons (Fsp3) is 0.569. The van der Waals surface area contributed by atoms with E-state index in [-0.39, 0.29) is 47.1 Å². The van der Waals surface area contributed by atoms with Gasteiger partial charge in [-0.25, -0.2) is 9.97 Å². The molecule has 3 amide bonds. The first kappa shape index (κ1) is 44.3. The Morgan fingerprint density at radius 2 is 1.50 bits per heavy atom. The molecule has 8 heterocycles. The van der Waals surface area contributed by atoms with Crippen molar-refractivity contribution in [1.29, 1.82) is 0 Å². The number of piperidine rings is 3. The van der Waals surface area contributed by atoms with Crippen LogP contribution in [0.4, 0.5) is 11.4 Å². The number of hydrogen-bond acceptors (Lipinski definition) is 12. The molecule has 0 spiro atoms. The number of rotatable bonds is 12. The number of nitrogens with zero attached hydrogens (tertiary/aromatic N) is 9. The fourth-order valence-corrected chi connectivity index (χ4v) is 11.8. The Morgan fingerprint density at radius 1 is 0.773 bits per heavy atom. The van der Waals surface area contributed by atoms with Crippen LogP contribution in [-0.2, 0) is 22.6 Å². The zero-order valence-electron chi connectivity index (χ0n) is 38.7. The van der Waals surface area contributed by atoms with Crippen LogP contribution in [0.1, 0.15) is 127 Å². The summed E-state index contributed by atoms with van der Waals surface area (Å²) in [4.78, 5) is 89.7. The van der Waals surface area contributed by atoms with Crippen molar-refractivity contribution in [1.82, 2.24) is 39.5 Å². The van der Waals surface area contributed by atoms with Crippen molar-refractivity contribution < 1.29 is 19.2 Å². The number of benzene rings is 1. The van der Waals surface area contributed by atoms with Crippen molar-refractivity contribution in [2.24, 2.45) is 11.8 Å². The van der Waals surface area contributed by atoms with Gasteiger partial charge in [0.15, 0.2) is 5.78 Å². The molecule has 1 aliphatic carbocycles. The smallest absolute Gasteiger partial charge is 0.263 e. The monoisotopic (exact) mass is 897 g/mol. The van der Waals surface area contributed by atoms with Crippen LogP contribution in [0.2, 0.25) is 0 Å². The molecular weight excluding hydrogens is 833 g/mol. The largest absolute Gasteiger partial charge is 0.370 e. The first-order chi connectivity index (χ1) is 32.1. The zero-order chi connectivity index (χ0) is 45.5. The summed E-state index contributed by atoms with van der Waals surface area (Å²) < 4.78 is 1.78. The zero-order valence-corrected chi connectivity index (χ0v) is 38.7. The lowest BCUT2D eigenvalue weighted by molar-refractivity contribution is -0.136. The number of aromatic nitrogens is 4. The molecule has 1 aromatic carbocycles. The van der Waals surface area contributed by atoms with E-state index in [1.54, 1.807) is 15.7 Å². The third-order valence-electron chi connectivity index (χ3n) is 15.8. The number of anilines is 2. The average Bonchev–Trinajstić information content (AvgIpc) is 3.97. The molecule has 1 N–H and O–H groups in total. The van der Waals surface area contributed by atoms with Gasteiger partial charge in [-0.2, -0.15) is 0 Å². The van der Waals surface area contributed by atoms with Crippen LogP contribution in [-0.4, -0.2) is 129 Å². The van der Waals surface area contributed by atoms with E-state index < -0.39 is 6.04 Å². The van der Waals surface area contributed by atoms with Crippen LogP contribution in [0.5, 0.6) is 0 Å². The van der Waals surface area contributed by atoms with E-state index in [0.29, 0.717) is 42.0 Å². The molecule has 15 nitrogen and oxygen atoms in total. The molecule has 3 aromatic heterocycles. The van der Waals surface area contributed by atoms with Crippen molar-refractivity contribution in [2.75, 3.05) is 75.2 Å². The number of piperazine rings is 1. The normalized spacial score (nSPS) is 21.9. The Balaban J connectivity index is 0.641. The second-order valence-corrected chi connectivity index (χ2v) is 19.9. The summed E-state index contributed by atoms with van der Waals surface area (Å²) in [6, 6.07) is 9.81. The number of carbonyl (C=O) groups is 4. The molecule has 1 saturated carbocycles.